The van der Waals surface area contributed by atoms with Crippen molar-refractivity contribution in [2.45, 2.75) is 45.6 Å². The number of benzene rings is 1. The fourth-order valence-corrected chi connectivity index (χ4v) is 1.42. The Labute approximate surface area is 98.3 Å². The molecule has 2 heteroatoms. The second kappa shape index (κ2) is 5.35. The minimum absolute atomic E-state index is 0.211. The lowest BCUT2D eigenvalue weighted by molar-refractivity contribution is 0.122. The Kier molecular flexibility index (Phi) is 4.36. The first-order valence-electron chi connectivity index (χ1n) is 5.87. The number of hydrogen-bond acceptors (Lipinski definition) is 2. The summed E-state index contributed by atoms with van der Waals surface area (Å²) in [5.41, 5.74) is 1.53. The van der Waals surface area contributed by atoms with Crippen LogP contribution in [0.25, 0.3) is 0 Å². The molecule has 0 fully saturated rings. The van der Waals surface area contributed by atoms with Gasteiger partial charge in [-0.05, 0) is 36.5 Å². The molecule has 1 N–H and O–H groups in total. The highest BCUT2D eigenvalue weighted by molar-refractivity contribution is 5.31. The molecule has 0 heterocycles. The second-order valence-electron chi connectivity index (χ2n) is 4.92. The summed E-state index contributed by atoms with van der Waals surface area (Å²) in [6, 6.07) is 8.13. The zero-order valence-electron chi connectivity index (χ0n) is 10.7. The van der Waals surface area contributed by atoms with Gasteiger partial charge in [0.2, 0.25) is 0 Å². The molecule has 0 amide bonds. The molecule has 1 atom stereocenters. The highest BCUT2D eigenvalue weighted by Crippen LogP contribution is 2.27. The molecule has 0 aliphatic rings. The van der Waals surface area contributed by atoms with Crippen molar-refractivity contribution in [3.8, 4) is 5.75 Å². The Bertz CT molecular complexity index is 312. The van der Waals surface area contributed by atoms with Crippen molar-refractivity contribution in [3.63, 3.8) is 0 Å². The number of hydrogen-bond donors (Lipinski definition) is 1. The maximum absolute atomic E-state index is 9.11. The zero-order valence-corrected chi connectivity index (χ0v) is 10.7. The number of ether oxygens (including phenoxy) is 1. The van der Waals surface area contributed by atoms with Crippen LogP contribution in [0.3, 0.4) is 0 Å². The van der Waals surface area contributed by atoms with Crippen LogP contribution >= 0.6 is 0 Å². The van der Waals surface area contributed by atoms with E-state index < -0.39 is 6.10 Å². The van der Waals surface area contributed by atoms with Crippen LogP contribution in [0.5, 0.6) is 5.75 Å². The zero-order chi connectivity index (χ0) is 12.2. The third-order valence-corrected chi connectivity index (χ3v) is 3.01. The van der Waals surface area contributed by atoms with Crippen molar-refractivity contribution in [2.75, 3.05) is 6.61 Å². The van der Waals surface area contributed by atoms with Gasteiger partial charge in [0, 0.05) is 0 Å². The summed E-state index contributed by atoms with van der Waals surface area (Å²) in [7, 11) is 0. The largest absolute Gasteiger partial charge is 0.491 e. The highest BCUT2D eigenvalue weighted by Gasteiger charge is 2.17. The van der Waals surface area contributed by atoms with E-state index in [0.717, 1.165) is 12.2 Å². The van der Waals surface area contributed by atoms with Crippen molar-refractivity contribution in [1.82, 2.24) is 0 Å². The quantitative estimate of drug-likeness (QED) is 0.829. The van der Waals surface area contributed by atoms with Crippen molar-refractivity contribution in [2.24, 2.45) is 0 Å². The standard InChI is InChI=1S/C14H22O2/c1-5-14(3,4)12-6-8-13(9-7-12)16-10-11(2)15/h6-9,11,15H,5,10H2,1-4H3. The number of aliphatic hydroxyl groups excluding tert-OH is 1. The smallest absolute Gasteiger partial charge is 0.119 e. The minimum atomic E-state index is -0.424. The van der Waals surface area contributed by atoms with Crippen LogP contribution in [-0.4, -0.2) is 17.8 Å². The molecule has 16 heavy (non-hydrogen) atoms. The van der Waals surface area contributed by atoms with E-state index >= 15 is 0 Å². The van der Waals surface area contributed by atoms with E-state index in [9.17, 15) is 0 Å². The van der Waals surface area contributed by atoms with E-state index in [1.165, 1.54) is 5.56 Å². The van der Waals surface area contributed by atoms with Gasteiger partial charge in [0.25, 0.3) is 0 Å². The van der Waals surface area contributed by atoms with Gasteiger partial charge in [-0.25, -0.2) is 0 Å². The van der Waals surface area contributed by atoms with Crippen LogP contribution < -0.4 is 4.74 Å². The maximum atomic E-state index is 9.11. The fourth-order valence-electron chi connectivity index (χ4n) is 1.42. The summed E-state index contributed by atoms with van der Waals surface area (Å²) in [5.74, 6) is 0.816. The van der Waals surface area contributed by atoms with Gasteiger partial charge in [-0.2, -0.15) is 0 Å². The minimum Gasteiger partial charge on any atom is -0.491 e. The molecular weight excluding hydrogens is 200 g/mol. The van der Waals surface area contributed by atoms with Gasteiger partial charge in [0.05, 0.1) is 6.10 Å². The average molecular weight is 222 g/mol. The third-order valence-electron chi connectivity index (χ3n) is 3.01. The van der Waals surface area contributed by atoms with Crippen LogP contribution in [0.1, 0.15) is 39.7 Å². The molecule has 2 nitrogen and oxygen atoms in total. The van der Waals surface area contributed by atoms with Gasteiger partial charge >= 0.3 is 0 Å². The van der Waals surface area contributed by atoms with Crippen LogP contribution in [0.2, 0.25) is 0 Å². The van der Waals surface area contributed by atoms with E-state index in [-0.39, 0.29) is 5.41 Å². The van der Waals surface area contributed by atoms with Crippen LogP contribution in [0, 0.1) is 0 Å². The number of rotatable bonds is 5. The predicted molar refractivity (Wildman–Crippen MR) is 66.9 cm³/mol. The highest BCUT2D eigenvalue weighted by atomic mass is 16.5. The van der Waals surface area contributed by atoms with E-state index in [1.54, 1.807) is 6.92 Å². The van der Waals surface area contributed by atoms with Crippen molar-refractivity contribution >= 4 is 0 Å². The van der Waals surface area contributed by atoms with E-state index in [1.807, 2.05) is 12.1 Å². The van der Waals surface area contributed by atoms with Gasteiger partial charge in [0.15, 0.2) is 0 Å². The summed E-state index contributed by atoms with van der Waals surface area (Å²) in [6.07, 6.45) is 0.688. The molecule has 0 radical (unpaired) electrons. The molecule has 90 valence electrons. The maximum Gasteiger partial charge on any atom is 0.119 e. The lowest BCUT2D eigenvalue weighted by Gasteiger charge is -2.23. The molecule has 1 aromatic carbocycles. The Hall–Kier alpha value is -1.02. The summed E-state index contributed by atoms with van der Waals surface area (Å²) >= 11 is 0. The van der Waals surface area contributed by atoms with E-state index in [2.05, 4.69) is 32.9 Å². The van der Waals surface area contributed by atoms with E-state index in [4.69, 9.17) is 9.84 Å². The average Bonchev–Trinajstić information content (AvgIpc) is 2.27. The molecule has 1 rings (SSSR count). The summed E-state index contributed by atoms with van der Waals surface area (Å²) < 4.78 is 5.42. The lowest BCUT2D eigenvalue weighted by Crippen LogP contribution is -2.15. The second-order valence-corrected chi connectivity index (χ2v) is 4.92. The first-order chi connectivity index (χ1) is 7.45. The summed E-state index contributed by atoms with van der Waals surface area (Å²) in [6.45, 7) is 8.72. The molecule has 1 unspecified atom stereocenters. The summed E-state index contributed by atoms with van der Waals surface area (Å²) in [4.78, 5) is 0. The molecule has 0 aliphatic heterocycles. The first-order valence-corrected chi connectivity index (χ1v) is 5.87. The van der Waals surface area contributed by atoms with Crippen molar-refractivity contribution in [1.29, 1.82) is 0 Å². The molecule has 0 aromatic heterocycles. The van der Waals surface area contributed by atoms with E-state index in [0.29, 0.717) is 6.61 Å². The Morgan fingerprint density at radius 3 is 2.25 bits per heavy atom. The first kappa shape index (κ1) is 13.0. The van der Waals surface area contributed by atoms with Crippen molar-refractivity contribution < 1.29 is 9.84 Å². The summed E-state index contributed by atoms with van der Waals surface area (Å²) in [5, 5.41) is 9.11. The normalized spacial score (nSPS) is 13.6. The van der Waals surface area contributed by atoms with Gasteiger partial charge < -0.3 is 9.84 Å². The van der Waals surface area contributed by atoms with Crippen LogP contribution in [-0.2, 0) is 5.41 Å². The third kappa shape index (κ3) is 3.53. The molecule has 0 saturated carbocycles. The molecule has 0 saturated heterocycles. The lowest BCUT2D eigenvalue weighted by atomic mass is 9.82. The molecule has 0 aliphatic carbocycles. The van der Waals surface area contributed by atoms with Gasteiger partial charge in [-0.1, -0.05) is 32.9 Å². The molecule has 0 bridgehead atoms. The molecule has 1 aromatic rings. The predicted octanol–water partition coefficient (Wildman–Crippen LogP) is 3.13. The number of aliphatic hydroxyl groups is 1. The topological polar surface area (TPSA) is 29.5 Å². The van der Waals surface area contributed by atoms with Crippen LogP contribution in [0.15, 0.2) is 24.3 Å². The Balaban J connectivity index is 2.68. The SMILES string of the molecule is CCC(C)(C)c1ccc(OCC(C)O)cc1. The van der Waals surface area contributed by atoms with Gasteiger partial charge in [-0.3, -0.25) is 0 Å². The monoisotopic (exact) mass is 222 g/mol. The van der Waals surface area contributed by atoms with Gasteiger partial charge in [-0.15, -0.1) is 0 Å². The van der Waals surface area contributed by atoms with Crippen molar-refractivity contribution in [3.05, 3.63) is 29.8 Å². The fraction of sp³-hybridized carbons (Fsp3) is 0.571. The van der Waals surface area contributed by atoms with Crippen LogP contribution in [0.4, 0.5) is 0 Å². The van der Waals surface area contributed by atoms with Gasteiger partial charge in [0.1, 0.15) is 12.4 Å². The Morgan fingerprint density at radius 1 is 1.25 bits per heavy atom. The Morgan fingerprint density at radius 2 is 1.81 bits per heavy atom. The molecular formula is C14H22O2. The molecule has 0 spiro atoms.